The van der Waals surface area contributed by atoms with Gasteiger partial charge in [-0.25, -0.2) is 0 Å². The highest BCUT2D eigenvalue weighted by molar-refractivity contribution is 7.99. The van der Waals surface area contributed by atoms with Crippen LogP contribution >= 0.6 is 11.8 Å². The molecule has 1 aliphatic heterocycles. The Morgan fingerprint density at radius 1 is 1.18 bits per heavy atom. The average Bonchev–Trinajstić information content (AvgIpc) is 2.71. The highest BCUT2D eigenvalue weighted by Crippen LogP contribution is 2.28. The van der Waals surface area contributed by atoms with Gasteiger partial charge in [-0.3, -0.25) is 4.90 Å². The first kappa shape index (κ1) is 13.7. The molecular weight excluding hydrogens is 234 g/mol. The molecule has 2 atom stereocenters. The highest BCUT2D eigenvalue weighted by Gasteiger charge is 2.29. The molecule has 2 N–H and O–H groups in total. The van der Waals surface area contributed by atoms with Gasteiger partial charge < -0.3 is 10.2 Å². The fraction of sp³-hybridized carbons (Fsp3) is 1.00. The van der Waals surface area contributed by atoms with Crippen molar-refractivity contribution in [1.82, 2.24) is 4.90 Å². The molecule has 2 rings (SSSR count). The van der Waals surface area contributed by atoms with Crippen LogP contribution in [-0.4, -0.2) is 58.0 Å². The number of hydrogen-bond donors (Lipinski definition) is 2. The third-order valence-corrected chi connectivity index (χ3v) is 5.36. The molecule has 1 saturated heterocycles. The van der Waals surface area contributed by atoms with E-state index in [-0.39, 0.29) is 18.8 Å². The molecule has 0 spiro atoms. The number of hydrogen-bond acceptors (Lipinski definition) is 4. The number of nitrogens with zero attached hydrogens (tertiary/aromatic N) is 1. The summed E-state index contributed by atoms with van der Waals surface area (Å²) >= 11 is 2.09. The number of β-amino-alcohol motifs (C(OH)–C–C–N with tert-alkyl or cyclic N) is 1. The summed E-state index contributed by atoms with van der Waals surface area (Å²) in [5.41, 5.74) is 0. The van der Waals surface area contributed by atoms with E-state index in [2.05, 4.69) is 16.7 Å². The van der Waals surface area contributed by atoms with E-state index in [0.717, 1.165) is 30.5 Å². The second kappa shape index (κ2) is 6.98. The Hall–Kier alpha value is 0.230. The Kier molecular flexibility index (Phi) is 5.60. The molecule has 1 saturated carbocycles. The lowest BCUT2D eigenvalue weighted by atomic mass is 10.0. The van der Waals surface area contributed by atoms with Crippen molar-refractivity contribution >= 4 is 11.8 Å². The summed E-state index contributed by atoms with van der Waals surface area (Å²) in [4.78, 5) is 2.25. The van der Waals surface area contributed by atoms with Crippen molar-refractivity contribution in [3.63, 3.8) is 0 Å². The van der Waals surface area contributed by atoms with Gasteiger partial charge in [-0.05, 0) is 19.3 Å². The van der Waals surface area contributed by atoms with E-state index >= 15 is 0 Å². The molecule has 0 unspecified atom stereocenters. The largest absolute Gasteiger partial charge is 0.395 e. The predicted octanol–water partition coefficient (Wildman–Crippen LogP) is 1.48. The summed E-state index contributed by atoms with van der Waals surface area (Å²) in [5.74, 6) is 1.15. The molecule has 1 aliphatic carbocycles. The van der Waals surface area contributed by atoms with E-state index in [1.807, 2.05) is 0 Å². The molecule has 0 radical (unpaired) electrons. The second-order valence-corrected chi connectivity index (χ2v) is 6.76. The van der Waals surface area contributed by atoms with Crippen LogP contribution in [-0.2, 0) is 0 Å². The molecule has 4 heteroatoms. The molecule has 100 valence electrons. The zero-order valence-electron chi connectivity index (χ0n) is 10.6. The quantitative estimate of drug-likeness (QED) is 0.785. The van der Waals surface area contributed by atoms with Gasteiger partial charge in [0.05, 0.1) is 12.7 Å². The maximum atomic E-state index is 9.59. The first-order valence-electron chi connectivity index (χ1n) is 6.94. The van der Waals surface area contributed by atoms with E-state index < -0.39 is 0 Å². The predicted molar refractivity (Wildman–Crippen MR) is 72.4 cm³/mol. The maximum absolute atomic E-state index is 9.59. The minimum atomic E-state index is -0.230. The van der Waals surface area contributed by atoms with E-state index in [0.29, 0.717) is 0 Å². The van der Waals surface area contributed by atoms with Crippen molar-refractivity contribution < 1.29 is 10.2 Å². The molecule has 17 heavy (non-hydrogen) atoms. The van der Waals surface area contributed by atoms with Gasteiger partial charge in [0, 0.05) is 30.1 Å². The molecule has 2 aliphatic rings. The Labute approximate surface area is 109 Å². The zero-order valence-corrected chi connectivity index (χ0v) is 11.4. The fourth-order valence-electron chi connectivity index (χ4n) is 2.99. The van der Waals surface area contributed by atoms with Gasteiger partial charge in [0.1, 0.15) is 0 Å². The SMILES string of the molecule is OC[C@H]1C[C@H](O)CN1CCSC1CCCCC1. The number of aliphatic hydroxyl groups excluding tert-OH is 2. The van der Waals surface area contributed by atoms with Crippen molar-refractivity contribution in [1.29, 1.82) is 0 Å². The lowest BCUT2D eigenvalue weighted by Crippen LogP contribution is -2.34. The van der Waals surface area contributed by atoms with Gasteiger partial charge >= 0.3 is 0 Å². The van der Waals surface area contributed by atoms with Crippen LogP contribution in [0.3, 0.4) is 0 Å². The smallest absolute Gasteiger partial charge is 0.0683 e. The van der Waals surface area contributed by atoms with Gasteiger partial charge in [0.15, 0.2) is 0 Å². The second-order valence-electron chi connectivity index (χ2n) is 5.35. The number of thioether (sulfide) groups is 1. The van der Waals surface area contributed by atoms with Crippen molar-refractivity contribution in [2.75, 3.05) is 25.4 Å². The first-order chi connectivity index (χ1) is 8.29. The first-order valence-corrected chi connectivity index (χ1v) is 7.99. The lowest BCUT2D eigenvalue weighted by Gasteiger charge is -2.25. The summed E-state index contributed by atoms with van der Waals surface area (Å²) in [5, 5.41) is 19.7. The molecular formula is C13H25NO2S. The zero-order chi connectivity index (χ0) is 12.1. The van der Waals surface area contributed by atoms with Crippen LogP contribution in [0, 0.1) is 0 Å². The molecule has 0 aromatic carbocycles. The van der Waals surface area contributed by atoms with Gasteiger partial charge in [0.25, 0.3) is 0 Å². The third kappa shape index (κ3) is 4.12. The topological polar surface area (TPSA) is 43.7 Å². The van der Waals surface area contributed by atoms with Crippen LogP contribution in [0.2, 0.25) is 0 Å². The molecule has 3 nitrogen and oxygen atoms in total. The molecule has 0 bridgehead atoms. The van der Waals surface area contributed by atoms with Crippen molar-refractivity contribution in [3.05, 3.63) is 0 Å². The fourth-order valence-corrected chi connectivity index (χ4v) is 4.33. The summed E-state index contributed by atoms with van der Waals surface area (Å²) in [6, 6.07) is 0.192. The molecule has 0 aromatic rings. The lowest BCUT2D eigenvalue weighted by molar-refractivity contribution is 0.162. The van der Waals surface area contributed by atoms with Crippen molar-refractivity contribution in [2.24, 2.45) is 0 Å². The van der Waals surface area contributed by atoms with Crippen molar-refractivity contribution in [2.45, 2.75) is 55.9 Å². The Balaban J connectivity index is 1.63. The summed E-state index contributed by atoms with van der Waals surface area (Å²) in [7, 11) is 0. The molecule has 0 aromatic heterocycles. The van der Waals surface area contributed by atoms with Crippen molar-refractivity contribution in [3.8, 4) is 0 Å². The van der Waals surface area contributed by atoms with Crippen LogP contribution < -0.4 is 0 Å². The molecule has 2 fully saturated rings. The monoisotopic (exact) mass is 259 g/mol. The average molecular weight is 259 g/mol. The van der Waals surface area contributed by atoms with E-state index in [1.165, 1.54) is 32.1 Å². The van der Waals surface area contributed by atoms with E-state index in [1.54, 1.807) is 0 Å². The normalized spacial score (nSPS) is 32.1. The van der Waals surface area contributed by atoms with Crippen LogP contribution in [0.25, 0.3) is 0 Å². The number of likely N-dealkylation sites (tertiary alicyclic amines) is 1. The summed E-state index contributed by atoms with van der Waals surface area (Å²) in [6.45, 7) is 1.95. The Morgan fingerprint density at radius 2 is 1.94 bits per heavy atom. The highest BCUT2D eigenvalue weighted by atomic mass is 32.2. The van der Waals surface area contributed by atoms with Gasteiger partial charge in [-0.1, -0.05) is 19.3 Å². The Bertz CT molecular complexity index is 221. The number of rotatable bonds is 5. The number of aliphatic hydroxyl groups is 2. The minimum absolute atomic E-state index is 0.186. The van der Waals surface area contributed by atoms with E-state index in [4.69, 9.17) is 0 Å². The Morgan fingerprint density at radius 3 is 2.65 bits per heavy atom. The van der Waals surface area contributed by atoms with E-state index in [9.17, 15) is 10.2 Å². The van der Waals surface area contributed by atoms with Gasteiger partial charge in [-0.15, -0.1) is 0 Å². The van der Waals surface area contributed by atoms with Crippen LogP contribution in [0.1, 0.15) is 38.5 Å². The summed E-state index contributed by atoms with van der Waals surface area (Å²) < 4.78 is 0. The van der Waals surface area contributed by atoms with Crippen LogP contribution in [0.5, 0.6) is 0 Å². The van der Waals surface area contributed by atoms with Gasteiger partial charge in [0.2, 0.25) is 0 Å². The standard InChI is InChI=1S/C13H25NO2S/c15-10-11-8-12(16)9-14(11)6-7-17-13-4-2-1-3-5-13/h11-13,15-16H,1-10H2/t11-,12+/m1/s1. The summed E-state index contributed by atoms with van der Waals surface area (Å²) in [6.07, 6.45) is 7.51. The van der Waals surface area contributed by atoms with Crippen LogP contribution in [0.15, 0.2) is 0 Å². The molecule has 0 amide bonds. The van der Waals surface area contributed by atoms with Gasteiger partial charge in [-0.2, -0.15) is 11.8 Å². The third-order valence-electron chi connectivity index (χ3n) is 4.00. The molecule has 1 heterocycles. The minimum Gasteiger partial charge on any atom is -0.395 e. The van der Waals surface area contributed by atoms with Crippen LogP contribution in [0.4, 0.5) is 0 Å². The maximum Gasteiger partial charge on any atom is 0.0683 e.